The Bertz CT molecular complexity index is 980. The number of anilines is 1. The molecule has 0 bridgehead atoms. The Hall–Kier alpha value is -2.80. The average molecular weight is 398 g/mol. The number of amides is 1. The Balaban J connectivity index is 1.46. The van der Waals surface area contributed by atoms with Gasteiger partial charge in [0, 0.05) is 31.7 Å². The van der Waals surface area contributed by atoms with Crippen LogP contribution in [0.4, 0.5) is 5.13 Å². The first-order valence-electron chi connectivity index (χ1n) is 9.40. The van der Waals surface area contributed by atoms with Crippen LogP contribution in [0.2, 0.25) is 0 Å². The van der Waals surface area contributed by atoms with E-state index >= 15 is 0 Å². The molecule has 3 aromatic rings. The van der Waals surface area contributed by atoms with Crippen LogP contribution in [0.25, 0.3) is 10.2 Å². The van der Waals surface area contributed by atoms with Gasteiger partial charge < -0.3 is 19.3 Å². The van der Waals surface area contributed by atoms with Gasteiger partial charge in [-0.3, -0.25) is 4.79 Å². The molecule has 7 heteroatoms. The van der Waals surface area contributed by atoms with Gasteiger partial charge in [0.05, 0.1) is 18.4 Å². The minimum absolute atomic E-state index is 0.0430. The lowest BCUT2D eigenvalue weighted by Gasteiger charge is -2.34. The zero-order valence-corrected chi connectivity index (χ0v) is 16.9. The standard InChI is InChI=1S/C21H23N3O3S/c1-3-27-17-8-5-9-18-19(17)22-21(28-18)24-12-10-23(11-13-24)20(25)15-6-4-7-16(14-15)26-2/h4-9,14H,3,10-13H2,1-2H3. The fourth-order valence-corrected chi connectivity index (χ4v) is 4.39. The second-order valence-electron chi connectivity index (χ2n) is 6.54. The van der Waals surface area contributed by atoms with Gasteiger partial charge in [-0.25, -0.2) is 4.98 Å². The highest BCUT2D eigenvalue weighted by atomic mass is 32.1. The number of hydrogen-bond acceptors (Lipinski definition) is 6. The fourth-order valence-electron chi connectivity index (χ4n) is 3.36. The molecule has 4 rings (SSSR count). The van der Waals surface area contributed by atoms with Crippen LogP contribution in [0.5, 0.6) is 11.5 Å². The third kappa shape index (κ3) is 3.62. The highest BCUT2D eigenvalue weighted by Gasteiger charge is 2.24. The van der Waals surface area contributed by atoms with Crippen molar-refractivity contribution in [3.05, 3.63) is 48.0 Å². The number of carbonyl (C=O) groups is 1. The summed E-state index contributed by atoms with van der Waals surface area (Å²) in [4.78, 5) is 21.7. The monoisotopic (exact) mass is 397 g/mol. The predicted octanol–water partition coefficient (Wildman–Crippen LogP) is 3.67. The third-order valence-corrected chi connectivity index (χ3v) is 5.91. The Kier molecular flexibility index (Phi) is 5.34. The number of carbonyl (C=O) groups excluding carboxylic acids is 1. The summed E-state index contributed by atoms with van der Waals surface area (Å²) in [5, 5.41) is 0.982. The molecular formula is C21H23N3O3S. The average Bonchev–Trinajstić information content (AvgIpc) is 3.19. The maximum atomic E-state index is 12.8. The first-order valence-corrected chi connectivity index (χ1v) is 10.2. The summed E-state index contributed by atoms with van der Waals surface area (Å²) in [6.07, 6.45) is 0. The van der Waals surface area contributed by atoms with E-state index in [1.807, 2.05) is 42.2 Å². The number of fused-ring (bicyclic) bond motifs is 1. The molecule has 2 aromatic carbocycles. The molecule has 146 valence electrons. The van der Waals surface area contributed by atoms with E-state index in [1.165, 1.54) is 0 Å². The molecule has 6 nitrogen and oxygen atoms in total. The number of ether oxygens (including phenoxy) is 2. The van der Waals surface area contributed by atoms with E-state index in [4.69, 9.17) is 14.5 Å². The minimum Gasteiger partial charge on any atom is -0.497 e. The van der Waals surface area contributed by atoms with Gasteiger partial charge in [-0.1, -0.05) is 23.5 Å². The van der Waals surface area contributed by atoms with Crippen LogP contribution in [0.3, 0.4) is 0 Å². The number of nitrogens with zero attached hydrogens (tertiary/aromatic N) is 3. The Morgan fingerprint density at radius 3 is 2.68 bits per heavy atom. The number of methoxy groups -OCH3 is 1. The van der Waals surface area contributed by atoms with Crippen molar-refractivity contribution in [1.29, 1.82) is 0 Å². The van der Waals surface area contributed by atoms with E-state index in [-0.39, 0.29) is 5.91 Å². The molecule has 1 aliphatic heterocycles. The van der Waals surface area contributed by atoms with Crippen LogP contribution in [-0.4, -0.2) is 55.7 Å². The highest BCUT2D eigenvalue weighted by molar-refractivity contribution is 7.22. The zero-order chi connectivity index (χ0) is 19.5. The van der Waals surface area contributed by atoms with E-state index in [0.29, 0.717) is 31.0 Å². The Labute approximate surface area is 168 Å². The van der Waals surface area contributed by atoms with Crippen molar-refractivity contribution in [1.82, 2.24) is 9.88 Å². The number of para-hydroxylation sites is 1. The van der Waals surface area contributed by atoms with Crippen LogP contribution in [0, 0.1) is 0 Å². The van der Waals surface area contributed by atoms with Crippen LogP contribution >= 0.6 is 11.3 Å². The number of thiazole rings is 1. The maximum Gasteiger partial charge on any atom is 0.254 e. The van der Waals surface area contributed by atoms with Crippen LogP contribution < -0.4 is 14.4 Å². The second kappa shape index (κ2) is 8.06. The van der Waals surface area contributed by atoms with Gasteiger partial charge >= 0.3 is 0 Å². The summed E-state index contributed by atoms with van der Waals surface area (Å²) in [5.74, 6) is 1.57. The molecule has 0 radical (unpaired) electrons. The van der Waals surface area contributed by atoms with Crippen molar-refractivity contribution in [2.24, 2.45) is 0 Å². The van der Waals surface area contributed by atoms with E-state index in [0.717, 1.165) is 34.2 Å². The largest absolute Gasteiger partial charge is 0.497 e. The molecule has 0 unspecified atom stereocenters. The number of piperazine rings is 1. The molecule has 28 heavy (non-hydrogen) atoms. The van der Waals surface area contributed by atoms with Gasteiger partial charge in [0.25, 0.3) is 5.91 Å². The fraction of sp³-hybridized carbons (Fsp3) is 0.333. The molecule has 0 saturated carbocycles. The molecule has 0 aliphatic carbocycles. The summed E-state index contributed by atoms with van der Waals surface area (Å²) in [6, 6.07) is 13.3. The minimum atomic E-state index is 0.0430. The summed E-state index contributed by atoms with van der Waals surface area (Å²) in [6.45, 7) is 5.47. The quantitative estimate of drug-likeness (QED) is 0.658. The van der Waals surface area contributed by atoms with Crippen molar-refractivity contribution < 1.29 is 14.3 Å². The second-order valence-corrected chi connectivity index (χ2v) is 7.55. The van der Waals surface area contributed by atoms with Crippen LogP contribution in [0.1, 0.15) is 17.3 Å². The van der Waals surface area contributed by atoms with Crippen molar-refractivity contribution in [2.75, 3.05) is 44.8 Å². The lowest BCUT2D eigenvalue weighted by atomic mass is 10.1. The normalized spacial score (nSPS) is 14.4. The van der Waals surface area contributed by atoms with E-state index in [1.54, 1.807) is 24.5 Å². The number of rotatable bonds is 5. The van der Waals surface area contributed by atoms with Gasteiger partial charge in [-0.15, -0.1) is 0 Å². The molecule has 1 aliphatic rings. The van der Waals surface area contributed by atoms with E-state index in [2.05, 4.69) is 11.0 Å². The lowest BCUT2D eigenvalue weighted by Crippen LogP contribution is -2.48. The summed E-state index contributed by atoms with van der Waals surface area (Å²) < 4.78 is 12.0. The molecule has 0 atom stereocenters. The lowest BCUT2D eigenvalue weighted by molar-refractivity contribution is 0.0746. The molecule has 2 heterocycles. The third-order valence-electron chi connectivity index (χ3n) is 4.82. The molecule has 0 N–H and O–H groups in total. The van der Waals surface area contributed by atoms with Crippen LogP contribution in [0.15, 0.2) is 42.5 Å². The summed E-state index contributed by atoms with van der Waals surface area (Å²) in [7, 11) is 1.61. The smallest absolute Gasteiger partial charge is 0.254 e. The molecule has 1 fully saturated rings. The Morgan fingerprint density at radius 1 is 1.14 bits per heavy atom. The number of benzene rings is 2. The van der Waals surface area contributed by atoms with Gasteiger partial charge in [-0.2, -0.15) is 0 Å². The topological polar surface area (TPSA) is 54.9 Å². The van der Waals surface area contributed by atoms with Gasteiger partial charge in [0.15, 0.2) is 5.13 Å². The van der Waals surface area contributed by atoms with Crippen molar-refractivity contribution >= 4 is 32.6 Å². The predicted molar refractivity (Wildman–Crippen MR) is 112 cm³/mol. The van der Waals surface area contributed by atoms with Crippen molar-refractivity contribution in [3.63, 3.8) is 0 Å². The van der Waals surface area contributed by atoms with Gasteiger partial charge in [0.2, 0.25) is 0 Å². The SMILES string of the molecule is CCOc1cccc2sc(N3CCN(C(=O)c4cccc(OC)c4)CC3)nc12. The Morgan fingerprint density at radius 2 is 1.93 bits per heavy atom. The number of hydrogen-bond donors (Lipinski definition) is 0. The summed E-state index contributed by atoms with van der Waals surface area (Å²) >= 11 is 1.67. The van der Waals surface area contributed by atoms with E-state index < -0.39 is 0 Å². The molecule has 0 spiro atoms. The van der Waals surface area contributed by atoms with Crippen molar-refractivity contribution in [2.45, 2.75) is 6.92 Å². The van der Waals surface area contributed by atoms with Crippen molar-refractivity contribution in [3.8, 4) is 11.5 Å². The first-order chi connectivity index (χ1) is 13.7. The van der Waals surface area contributed by atoms with Gasteiger partial charge in [-0.05, 0) is 37.3 Å². The summed E-state index contributed by atoms with van der Waals surface area (Å²) in [5.41, 5.74) is 1.58. The number of aromatic nitrogens is 1. The molecule has 1 saturated heterocycles. The molecule has 1 amide bonds. The maximum absolute atomic E-state index is 12.8. The zero-order valence-electron chi connectivity index (χ0n) is 16.1. The van der Waals surface area contributed by atoms with Crippen LogP contribution in [-0.2, 0) is 0 Å². The van der Waals surface area contributed by atoms with E-state index in [9.17, 15) is 4.79 Å². The molecular weight excluding hydrogens is 374 g/mol. The molecule has 1 aromatic heterocycles. The first kappa shape index (κ1) is 18.6. The highest BCUT2D eigenvalue weighted by Crippen LogP contribution is 2.34. The van der Waals surface area contributed by atoms with Gasteiger partial charge in [0.1, 0.15) is 17.0 Å².